The molecule has 20 heavy (non-hydrogen) atoms. The van der Waals surface area contributed by atoms with Crippen molar-refractivity contribution >= 4 is 15.7 Å². The zero-order valence-corrected chi connectivity index (χ0v) is 11.9. The quantitative estimate of drug-likeness (QED) is 0.816. The molecule has 0 radical (unpaired) electrons. The predicted octanol–water partition coefficient (Wildman–Crippen LogP) is 0.601. The zero-order chi connectivity index (χ0) is 14.2. The predicted molar refractivity (Wildman–Crippen MR) is 73.8 cm³/mol. The number of hydrogen-bond donors (Lipinski definition) is 0. The first kappa shape index (κ1) is 13.6. The molecule has 0 unspecified atom stereocenters. The first-order valence-electron chi connectivity index (χ1n) is 6.69. The van der Waals surface area contributed by atoms with Crippen molar-refractivity contribution in [2.45, 2.75) is 24.3 Å². The molecule has 0 N–H and O–H groups in total. The first-order valence-corrected chi connectivity index (χ1v) is 8.40. The number of sulfone groups is 1. The minimum atomic E-state index is -2.95. The van der Waals surface area contributed by atoms with Gasteiger partial charge in [0.05, 0.1) is 17.6 Å². The molecule has 108 valence electrons. The molecule has 1 amide bonds. The van der Waals surface area contributed by atoms with Gasteiger partial charge in [-0.15, -0.1) is 0 Å². The molecule has 0 aliphatic carbocycles. The summed E-state index contributed by atoms with van der Waals surface area (Å²) in [6.07, 6.45) is 0.590. The van der Waals surface area contributed by atoms with Crippen molar-refractivity contribution in [3.8, 4) is 0 Å². The van der Waals surface area contributed by atoms with Crippen molar-refractivity contribution < 1.29 is 17.9 Å². The fourth-order valence-corrected chi connectivity index (χ4v) is 4.94. The van der Waals surface area contributed by atoms with Crippen LogP contribution in [-0.2, 0) is 26.0 Å². The van der Waals surface area contributed by atoms with E-state index in [0.29, 0.717) is 19.6 Å². The lowest BCUT2D eigenvalue weighted by molar-refractivity contribution is -0.137. The van der Waals surface area contributed by atoms with Crippen LogP contribution in [0.2, 0.25) is 0 Å². The van der Waals surface area contributed by atoms with E-state index in [0.717, 1.165) is 5.56 Å². The van der Waals surface area contributed by atoms with Gasteiger partial charge < -0.3 is 9.64 Å². The van der Waals surface area contributed by atoms with E-state index < -0.39 is 9.84 Å². The standard InChI is InChI=1S/C14H17NO4S/c16-14(9-19-8-11-4-2-1-3-5-11)15-7-13-6-12(15)10-20(13,17)18/h1-5,12-13H,6-10H2/t12-,13+/m0/s1. The maximum Gasteiger partial charge on any atom is 0.248 e. The van der Waals surface area contributed by atoms with Gasteiger partial charge in [0.2, 0.25) is 5.91 Å². The van der Waals surface area contributed by atoms with Crippen LogP contribution in [0.1, 0.15) is 12.0 Å². The highest BCUT2D eigenvalue weighted by molar-refractivity contribution is 7.92. The minimum Gasteiger partial charge on any atom is -0.367 e. The zero-order valence-electron chi connectivity index (χ0n) is 11.1. The topological polar surface area (TPSA) is 63.7 Å². The van der Waals surface area contributed by atoms with E-state index in [4.69, 9.17) is 4.74 Å². The van der Waals surface area contributed by atoms with Crippen LogP contribution >= 0.6 is 0 Å². The van der Waals surface area contributed by atoms with E-state index in [2.05, 4.69) is 0 Å². The van der Waals surface area contributed by atoms with E-state index in [1.165, 1.54) is 0 Å². The monoisotopic (exact) mass is 295 g/mol. The summed E-state index contributed by atoms with van der Waals surface area (Å²) in [5.41, 5.74) is 1.02. The van der Waals surface area contributed by atoms with Crippen LogP contribution in [0.15, 0.2) is 30.3 Å². The number of benzene rings is 1. The second-order valence-electron chi connectivity index (χ2n) is 5.37. The van der Waals surface area contributed by atoms with Crippen LogP contribution in [0.5, 0.6) is 0 Å². The summed E-state index contributed by atoms with van der Waals surface area (Å²) < 4.78 is 28.7. The molecule has 1 aromatic carbocycles. The summed E-state index contributed by atoms with van der Waals surface area (Å²) in [5.74, 6) is 0.00516. The maximum atomic E-state index is 12.0. The Labute approximate surface area is 118 Å². The lowest BCUT2D eigenvalue weighted by atomic mass is 10.2. The molecule has 2 fully saturated rings. The number of nitrogens with zero attached hydrogens (tertiary/aromatic N) is 1. The van der Waals surface area contributed by atoms with Crippen LogP contribution in [0.3, 0.4) is 0 Å². The second kappa shape index (κ2) is 5.18. The lowest BCUT2D eigenvalue weighted by Gasteiger charge is -2.26. The molecule has 1 aromatic rings. The molecule has 3 rings (SSSR count). The minimum absolute atomic E-state index is 0.0121. The molecule has 2 aliphatic rings. The van der Waals surface area contributed by atoms with Crippen LogP contribution in [0.25, 0.3) is 0 Å². The average Bonchev–Trinajstić information content (AvgIpc) is 2.95. The highest BCUT2D eigenvalue weighted by Gasteiger charge is 2.49. The number of carbonyl (C=O) groups excluding carboxylic acids is 1. The normalized spacial score (nSPS) is 26.9. The highest BCUT2D eigenvalue weighted by Crippen LogP contribution is 2.32. The fourth-order valence-electron chi connectivity index (χ4n) is 2.91. The smallest absolute Gasteiger partial charge is 0.248 e. The SMILES string of the molecule is O=C(COCc1ccccc1)N1C[C@H]2C[C@H]1CS2(=O)=O. The molecule has 0 aromatic heterocycles. The fraction of sp³-hybridized carbons (Fsp3) is 0.500. The number of likely N-dealkylation sites (tertiary alicyclic amines) is 1. The third-order valence-electron chi connectivity index (χ3n) is 3.97. The highest BCUT2D eigenvalue weighted by atomic mass is 32.2. The summed E-state index contributed by atoms with van der Waals surface area (Å²) in [6.45, 7) is 0.742. The Morgan fingerprint density at radius 3 is 2.65 bits per heavy atom. The van der Waals surface area contributed by atoms with Gasteiger partial charge in [-0.3, -0.25) is 4.79 Å². The van der Waals surface area contributed by atoms with E-state index in [1.54, 1.807) is 4.90 Å². The third kappa shape index (κ3) is 2.58. The Hall–Kier alpha value is -1.40. The van der Waals surface area contributed by atoms with Gasteiger partial charge in [0, 0.05) is 12.6 Å². The summed E-state index contributed by atoms with van der Waals surface area (Å²) in [6, 6.07) is 9.51. The van der Waals surface area contributed by atoms with E-state index in [9.17, 15) is 13.2 Å². The van der Waals surface area contributed by atoms with Crippen LogP contribution in [0, 0.1) is 0 Å². The largest absolute Gasteiger partial charge is 0.367 e. The average molecular weight is 295 g/mol. The number of fused-ring (bicyclic) bond motifs is 2. The summed E-state index contributed by atoms with van der Waals surface area (Å²) in [4.78, 5) is 13.7. The van der Waals surface area contributed by atoms with E-state index >= 15 is 0 Å². The Bertz CT molecular complexity index is 599. The number of hydrogen-bond acceptors (Lipinski definition) is 4. The van der Waals surface area contributed by atoms with Gasteiger partial charge in [-0.1, -0.05) is 30.3 Å². The maximum absolute atomic E-state index is 12.0. The Balaban J connectivity index is 1.50. The van der Waals surface area contributed by atoms with Crippen molar-refractivity contribution in [2.75, 3.05) is 18.9 Å². The van der Waals surface area contributed by atoms with Crippen molar-refractivity contribution in [3.63, 3.8) is 0 Å². The molecule has 2 atom stereocenters. The number of ether oxygens (including phenoxy) is 1. The van der Waals surface area contributed by atoms with Gasteiger partial charge in [-0.05, 0) is 12.0 Å². The Morgan fingerprint density at radius 2 is 2.05 bits per heavy atom. The van der Waals surface area contributed by atoms with Crippen LogP contribution in [-0.4, -0.2) is 49.4 Å². The van der Waals surface area contributed by atoms with Crippen LogP contribution in [0.4, 0.5) is 0 Å². The second-order valence-corrected chi connectivity index (χ2v) is 7.69. The number of rotatable bonds is 4. The molecule has 2 saturated heterocycles. The summed E-state index contributed by atoms with van der Waals surface area (Å²) >= 11 is 0. The van der Waals surface area contributed by atoms with E-state index in [-0.39, 0.29) is 29.6 Å². The van der Waals surface area contributed by atoms with Crippen LogP contribution < -0.4 is 0 Å². The number of amides is 1. The Morgan fingerprint density at radius 1 is 1.30 bits per heavy atom. The summed E-state index contributed by atoms with van der Waals surface area (Å²) in [7, 11) is -2.95. The van der Waals surface area contributed by atoms with Gasteiger partial charge in [-0.25, -0.2) is 8.42 Å². The summed E-state index contributed by atoms with van der Waals surface area (Å²) in [5, 5.41) is -0.356. The first-order chi connectivity index (χ1) is 9.56. The molecule has 0 spiro atoms. The van der Waals surface area contributed by atoms with Gasteiger partial charge >= 0.3 is 0 Å². The van der Waals surface area contributed by atoms with Gasteiger partial charge in [0.25, 0.3) is 0 Å². The molecule has 6 heteroatoms. The third-order valence-corrected chi connectivity index (χ3v) is 6.17. The van der Waals surface area contributed by atoms with Gasteiger partial charge in [0.15, 0.2) is 9.84 Å². The van der Waals surface area contributed by atoms with Gasteiger partial charge in [0.1, 0.15) is 6.61 Å². The van der Waals surface area contributed by atoms with Crippen molar-refractivity contribution in [3.05, 3.63) is 35.9 Å². The molecule has 2 aliphatic heterocycles. The molecule has 5 nitrogen and oxygen atoms in total. The molecule has 2 bridgehead atoms. The van der Waals surface area contributed by atoms with Crippen molar-refractivity contribution in [1.82, 2.24) is 4.90 Å². The van der Waals surface area contributed by atoms with Gasteiger partial charge in [-0.2, -0.15) is 0 Å². The molecular weight excluding hydrogens is 278 g/mol. The number of carbonyl (C=O) groups is 1. The Kier molecular flexibility index (Phi) is 3.52. The molecular formula is C14H17NO4S. The van der Waals surface area contributed by atoms with E-state index in [1.807, 2.05) is 30.3 Å². The van der Waals surface area contributed by atoms with Crippen molar-refractivity contribution in [1.29, 1.82) is 0 Å². The lowest BCUT2D eigenvalue weighted by Crippen LogP contribution is -2.45. The molecule has 2 heterocycles. The van der Waals surface area contributed by atoms with Crippen molar-refractivity contribution in [2.24, 2.45) is 0 Å². The molecule has 0 saturated carbocycles.